The van der Waals surface area contributed by atoms with Crippen LogP contribution >= 0.6 is 0 Å². The molecule has 2 N–H and O–H groups in total. The summed E-state index contributed by atoms with van der Waals surface area (Å²) in [5.41, 5.74) is 0.480. The fraction of sp³-hybridized carbons (Fsp3) is 0. The van der Waals surface area contributed by atoms with Gasteiger partial charge in [-0.15, -0.1) is 0 Å². The van der Waals surface area contributed by atoms with Crippen molar-refractivity contribution in [2.45, 2.75) is 0 Å². The van der Waals surface area contributed by atoms with Crippen LogP contribution in [-0.4, -0.2) is 21.4 Å². The highest BCUT2D eigenvalue weighted by Crippen LogP contribution is 2.27. The van der Waals surface area contributed by atoms with Crippen LogP contribution in [0.5, 0.6) is 11.6 Å². The van der Waals surface area contributed by atoms with E-state index in [0.717, 1.165) is 6.07 Å². The van der Waals surface area contributed by atoms with Crippen molar-refractivity contribution < 1.29 is 19.7 Å². The van der Waals surface area contributed by atoms with Gasteiger partial charge in [-0.2, -0.15) is 0 Å². The van der Waals surface area contributed by atoms with E-state index in [-0.39, 0.29) is 11.6 Å². The summed E-state index contributed by atoms with van der Waals surface area (Å²) in [6, 6.07) is 7.95. The molecule has 0 atom stereocenters. The third kappa shape index (κ3) is 1.80. The Hall–Kier alpha value is -2.30. The van der Waals surface area contributed by atoms with Crippen molar-refractivity contribution in [1.29, 1.82) is 0 Å². The third-order valence-corrected chi connectivity index (χ3v) is 1.86. The van der Waals surface area contributed by atoms with Gasteiger partial charge in [0, 0.05) is 11.5 Å². The lowest BCUT2D eigenvalue weighted by Gasteiger charge is -2.04. The largest absolute Gasteiger partial charge is 0.511 e. The standard InChI is InChI=1S/C10H7NO4/c12-9-5-8(15-10(13)14)6-3-1-2-4-7(6)11-9/h1-5H,(H,11,12)(H,13,14). The first-order valence-corrected chi connectivity index (χ1v) is 4.16. The number of carbonyl (C=O) groups is 1. The number of carboxylic acid groups (broad SMARTS) is 1. The Kier molecular flexibility index (Phi) is 2.13. The van der Waals surface area contributed by atoms with E-state index in [2.05, 4.69) is 9.72 Å². The second kappa shape index (κ2) is 3.45. The van der Waals surface area contributed by atoms with Crippen LogP contribution in [0, 0.1) is 0 Å². The number of aromatic nitrogens is 1. The fourth-order valence-electron chi connectivity index (χ4n) is 1.31. The lowest BCUT2D eigenvalue weighted by molar-refractivity contribution is 0.145. The molecule has 0 saturated carbocycles. The Labute approximate surface area is 84.6 Å². The maximum atomic E-state index is 10.4. The molecular weight excluding hydrogens is 198 g/mol. The van der Waals surface area contributed by atoms with Crippen molar-refractivity contribution in [2.24, 2.45) is 0 Å². The minimum absolute atomic E-state index is 0.0746. The SMILES string of the molecule is O=C(O)Oc1cc(O)nc2ccccc12. The minimum atomic E-state index is -1.43. The number of para-hydroxylation sites is 1. The molecule has 0 amide bonds. The number of rotatable bonds is 1. The molecule has 76 valence electrons. The van der Waals surface area contributed by atoms with E-state index in [1.807, 2.05) is 0 Å². The molecule has 0 unspecified atom stereocenters. The summed E-state index contributed by atoms with van der Waals surface area (Å²) >= 11 is 0. The van der Waals surface area contributed by atoms with Crippen LogP contribution in [0.1, 0.15) is 0 Å². The highest BCUT2D eigenvalue weighted by molar-refractivity contribution is 5.87. The van der Waals surface area contributed by atoms with Crippen molar-refractivity contribution in [3.63, 3.8) is 0 Å². The van der Waals surface area contributed by atoms with Gasteiger partial charge in [-0.1, -0.05) is 12.1 Å². The molecule has 1 aromatic carbocycles. The van der Waals surface area contributed by atoms with Gasteiger partial charge in [0.15, 0.2) is 0 Å². The Morgan fingerprint density at radius 1 is 1.33 bits per heavy atom. The molecule has 2 rings (SSSR count). The number of hydrogen-bond acceptors (Lipinski definition) is 4. The minimum Gasteiger partial charge on any atom is -0.493 e. The first kappa shape index (κ1) is 9.26. The topological polar surface area (TPSA) is 79.7 Å². The van der Waals surface area contributed by atoms with Crippen molar-refractivity contribution >= 4 is 17.1 Å². The molecule has 0 bridgehead atoms. The van der Waals surface area contributed by atoms with Crippen LogP contribution in [0.2, 0.25) is 0 Å². The summed E-state index contributed by atoms with van der Waals surface area (Å²) in [5.74, 6) is -0.199. The number of hydrogen-bond donors (Lipinski definition) is 2. The number of ether oxygens (including phenoxy) is 1. The van der Waals surface area contributed by atoms with E-state index in [1.165, 1.54) is 0 Å². The molecule has 5 heteroatoms. The van der Waals surface area contributed by atoms with Gasteiger partial charge in [0.05, 0.1) is 5.52 Å². The van der Waals surface area contributed by atoms with E-state index in [1.54, 1.807) is 24.3 Å². The molecule has 0 aliphatic heterocycles. The predicted octanol–water partition coefficient (Wildman–Crippen LogP) is 2.00. The van der Waals surface area contributed by atoms with Gasteiger partial charge >= 0.3 is 6.16 Å². The number of aromatic hydroxyl groups is 1. The highest BCUT2D eigenvalue weighted by Gasteiger charge is 2.08. The molecule has 5 nitrogen and oxygen atoms in total. The second-order valence-corrected chi connectivity index (χ2v) is 2.86. The van der Waals surface area contributed by atoms with E-state index >= 15 is 0 Å². The van der Waals surface area contributed by atoms with Crippen LogP contribution < -0.4 is 4.74 Å². The number of benzene rings is 1. The molecule has 0 fully saturated rings. The summed E-state index contributed by atoms with van der Waals surface area (Å²) < 4.78 is 4.52. The molecule has 0 radical (unpaired) electrons. The smallest absolute Gasteiger partial charge is 0.493 e. The van der Waals surface area contributed by atoms with Crippen LogP contribution in [0.25, 0.3) is 10.9 Å². The van der Waals surface area contributed by atoms with Crippen molar-refractivity contribution in [3.8, 4) is 11.6 Å². The van der Waals surface area contributed by atoms with Gasteiger partial charge in [-0.25, -0.2) is 9.78 Å². The average molecular weight is 205 g/mol. The van der Waals surface area contributed by atoms with Crippen molar-refractivity contribution in [3.05, 3.63) is 30.3 Å². The first-order chi connectivity index (χ1) is 7.16. The van der Waals surface area contributed by atoms with E-state index < -0.39 is 6.16 Å². The Morgan fingerprint density at radius 3 is 2.80 bits per heavy atom. The lowest BCUT2D eigenvalue weighted by atomic mass is 10.2. The monoisotopic (exact) mass is 205 g/mol. The summed E-state index contributed by atoms with van der Waals surface area (Å²) in [5, 5.41) is 18.3. The zero-order valence-electron chi connectivity index (χ0n) is 7.54. The van der Waals surface area contributed by atoms with Gasteiger partial charge in [-0.05, 0) is 12.1 Å². The van der Waals surface area contributed by atoms with Gasteiger partial charge in [0.25, 0.3) is 0 Å². The van der Waals surface area contributed by atoms with Crippen LogP contribution in [0.3, 0.4) is 0 Å². The molecule has 0 saturated heterocycles. The summed E-state index contributed by atoms with van der Waals surface area (Å²) in [4.78, 5) is 14.2. The number of fused-ring (bicyclic) bond motifs is 1. The Morgan fingerprint density at radius 2 is 2.07 bits per heavy atom. The second-order valence-electron chi connectivity index (χ2n) is 2.86. The van der Waals surface area contributed by atoms with E-state index in [0.29, 0.717) is 10.9 Å². The van der Waals surface area contributed by atoms with Gasteiger partial charge in [0.2, 0.25) is 5.88 Å². The molecule has 1 heterocycles. The van der Waals surface area contributed by atoms with Crippen molar-refractivity contribution in [1.82, 2.24) is 4.98 Å². The Bertz CT molecular complexity index is 524. The van der Waals surface area contributed by atoms with Crippen LogP contribution in [-0.2, 0) is 0 Å². The zero-order valence-corrected chi connectivity index (χ0v) is 7.54. The molecule has 15 heavy (non-hydrogen) atoms. The molecule has 0 aliphatic rings. The van der Waals surface area contributed by atoms with Crippen molar-refractivity contribution in [2.75, 3.05) is 0 Å². The van der Waals surface area contributed by atoms with E-state index in [9.17, 15) is 9.90 Å². The quantitative estimate of drug-likeness (QED) is 0.696. The highest BCUT2D eigenvalue weighted by atomic mass is 16.7. The Balaban J connectivity index is 2.65. The maximum Gasteiger partial charge on any atom is 0.511 e. The number of nitrogens with zero attached hydrogens (tertiary/aromatic N) is 1. The van der Waals surface area contributed by atoms with Gasteiger partial charge < -0.3 is 14.9 Å². The summed E-state index contributed by atoms with van der Waals surface area (Å²) in [6.45, 7) is 0. The molecular formula is C10H7NO4. The summed E-state index contributed by atoms with van der Waals surface area (Å²) in [7, 11) is 0. The lowest BCUT2D eigenvalue weighted by Crippen LogP contribution is -2.03. The molecule has 0 aliphatic carbocycles. The molecule has 1 aromatic heterocycles. The predicted molar refractivity (Wildman–Crippen MR) is 52.1 cm³/mol. The molecule has 0 spiro atoms. The zero-order chi connectivity index (χ0) is 10.8. The first-order valence-electron chi connectivity index (χ1n) is 4.16. The van der Waals surface area contributed by atoms with E-state index in [4.69, 9.17) is 5.11 Å². The summed E-state index contributed by atoms with van der Waals surface area (Å²) in [6.07, 6.45) is -1.43. The third-order valence-electron chi connectivity index (χ3n) is 1.86. The van der Waals surface area contributed by atoms with Gasteiger partial charge in [-0.3, -0.25) is 0 Å². The fourth-order valence-corrected chi connectivity index (χ4v) is 1.31. The normalized spacial score (nSPS) is 10.1. The van der Waals surface area contributed by atoms with Gasteiger partial charge in [0.1, 0.15) is 5.75 Å². The van der Waals surface area contributed by atoms with Crippen LogP contribution in [0.4, 0.5) is 4.79 Å². The molecule has 2 aromatic rings. The number of pyridine rings is 1. The van der Waals surface area contributed by atoms with Crippen LogP contribution in [0.15, 0.2) is 30.3 Å². The maximum absolute atomic E-state index is 10.4. The average Bonchev–Trinajstić information content (AvgIpc) is 2.16.